The molecule has 0 N–H and O–H groups in total. The Hall–Kier alpha value is -2.54. The van der Waals surface area contributed by atoms with Crippen molar-refractivity contribution in [2.24, 2.45) is 0 Å². The van der Waals surface area contributed by atoms with Crippen LogP contribution < -0.4 is 0 Å². The van der Waals surface area contributed by atoms with Crippen molar-refractivity contribution in [3.8, 4) is 0 Å². The van der Waals surface area contributed by atoms with E-state index >= 15 is 0 Å². The van der Waals surface area contributed by atoms with Crippen LogP contribution in [0, 0.1) is 0 Å². The zero-order valence-corrected chi connectivity index (χ0v) is 18.8. The van der Waals surface area contributed by atoms with Crippen LogP contribution in [0.3, 0.4) is 0 Å². The summed E-state index contributed by atoms with van der Waals surface area (Å²) in [4.78, 5) is 14.9. The minimum Gasteiger partial charge on any atom is -0.345 e. The molecule has 0 radical (unpaired) electrons. The van der Waals surface area contributed by atoms with Gasteiger partial charge in [-0.15, -0.1) is 0 Å². The molecule has 0 bridgehead atoms. The number of hydrogen-bond donors (Lipinski definition) is 0. The fourth-order valence-corrected chi connectivity index (χ4v) is 3.63. The molecule has 1 heterocycles. The molecule has 0 aliphatic carbocycles. The van der Waals surface area contributed by atoms with E-state index in [-0.39, 0.29) is 5.91 Å². The van der Waals surface area contributed by atoms with E-state index in [4.69, 9.17) is 0 Å². The van der Waals surface area contributed by atoms with Crippen molar-refractivity contribution < 1.29 is 18.0 Å². The standard InChI is InChI=1S/C24H24BrF3N2O/c1-2-3-13-30(23(31)19-9-11-21(25)12-10-19)17-22-8-5-14-29(22)16-18-6-4-7-20(15-18)24(26,27)28/h4-12,14-15H,2-3,13,16-17H2,1H3. The van der Waals surface area contributed by atoms with Crippen molar-refractivity contribution >= 4 is 21.8 Å². The fourth-order valence-electron chi connectivity index (χ4n) is 3.36. The predicted molar refractivity (Wildman–Crippen MR) is 119 cm³/mol. The fraction of sp³-hybridized carbons (Fsp3) is 0.292. The smallest absolute Gasteiger partial charge is 0.345 e. The number of aromatic nitrogens is 1. The van der Waals surface area contributed by atoms with Crippen molar-refractivity contribution in [1.82, 2.24) is 9.47 Å². The number of alkyl halides is 3. The molecule has 1 amide bonds. The predicted octanol–water partition coefficient (Wildman–Crippen LogP) is 6.76. The largest absolute Gasteiger partial charge is 0.416 e. The number of nitrogens with zero attached hydrogens (tertiary/aromatic N) is 2. The number of amides is 1. The Labute approximate surface area is 188 Å². The lowest BCUT2D eigenvalue weighted by molar-refractivity contribution is -0.137. The van der Waals surface area contributed by atoms with Crippen LogP contribution in [0.2, 0.25) is 0 Å². The number of unbranched alkanes of at least 4 members (excludes halogenated alkanes) is 1. The van der Waals surface area contributed by atoms with Crippen molar-refractivity contribution in [1.29, 1.82) is 0 Å². The van der Waals surface area contributed by atoms with Crippen LogP contribution in [0.25, 0.3) is 0 Å². The molecule has 0 atom stereocenters. The van der Waals surface area contributed by atoms with Crippen molar-refractivity contribution in [3.05, 3.63) is 93.7 Å². The molecule has 7 heteroatoms. The molecule has 3 rings (SSSR count). The van der Waals surface area contributed by atoms with Gasteiger partial charge in [0.1, 0.15) is 0 Å². The molecule has 3 nitrogen and oxygen atoms in total. The third kappa shape index (κ3) is 6.23. The van der Waals surface area contributed by atoms with Gasteiger partial charge in [0.25, 0.3) is 5.91 Å². The van der Waals surface area contributed by atoms with E-state index in [0.29, 0.717) is 30.8 Å². The maximum atomic E-state index is 13.1. The van der Waals surface area contributed by atoms with Crippen LogP contribution in [0.5, 0.6) is 0 Å². The van der Waals surface area contributed by atoms with Crippen molar-refractivity contribution in [2.45, 2.75) is 39.0 Å². The number of benzene rings is 2. The number of carbonyl (C=O) groups is 1. The second-order valence-corrected chi connectivity index (χ2v) is 8.33. The van der Waals surface area contributed by atoms with E-state index in [1.165, 1.54) is 12.1 Å². The second kappa shape index (κ2) is 10.2. The van der Waals surface area contributed by atoms with E-state index < -0.39 is 11.7 Å². The lowest BCUT2D eigenvalue weighted by atomic mass is 10.1. The van der Waals surface area contributed by atoms with Gasteiger partial charge in [-0.2, -0.15) is 13.2 Å². The van der Waals surface area contributed by atoms with Gasteiger partial charge in [-0.05, 0) is 60.5 Å². The normalized spacial score (nSPS) is 11.5. The second-order valence-electron chi connectivity index (χ2n) is 7.41. The van der Waals surface area contributed by atoms with Crippen molar-refractivity contribution in [2.75, 3.05) is 6.54 Å². The molecule has 0 spiro atoms. The summed E-state index contributed by atoms with van der Waals surface area (Å²) >= 11 is 3.38. The molecular weight excluding hydrogens is 469 g/mol. The molecule has 164 valence electrons. The molecule has 0 fully saturated rings. The SMILES string of the molecule is CCCCN(Cc1cccn1Cc1cccc(C(F)(F)F)c1)C(=O)c1ccc(Br)cc1. The Morgan fingerprint density at radius 2 is 1.81 bits per heavy atom. The summed E-state index contributed by atoms with van der Waals surface area (Å²) in [5, 5.41) is 0. The first-order chi connectivity index (χ1) is 14.8. The minimum atomic E-state index is -4.37. The average molecular weight is 493 g/mol. The molecule has 0 saturated carbocycles. The number of hydrogen-bond acceptors (Lipinski definition) is 1. The van der Waals surface area contributed by atoms with Crippen LogP contribution >= 0.6 is 15.9 Å². The van der Waals surface area contributed by atoms with E-state index in [9.17, 15) is 18.0 Å². The summed E-state index contributed by atoms with van der Waals surface area (Å²) in [6.45, 7) is 3.37. The maximum absolute atomic E-state index is 13.1. The van der Waals surface area contributed by atoms with Gasteiger partial charge in [0.2, 0.25) is 0 Å². The molecule has 31 heavy (non-hydrogen) atoms. The van der Waals surface area contributed by atoms with E-state index in [2.05, 4.69) is 22.9 Å². The van der Waals surface area contributed by atoms with Gasteiger partial charge in [0.15, 0.2) is 0 Å². The molecule has 0 aliphatic heterocycles. The van der Waals surface area contributed by atoms with E-state index in [1.54, 1.807) is 23.1 Å². The summed E-state index contributed by atoms with van der Waals surface area (Å²) in [7, 11) is 0. The van der Waals surface area contributed by atoms with Crippen LogP contribution in [0.1, 0.15) is 46.9 Å². The van der Waals surface area contributed by atoms with Gasteiger partial charge in [-0.25, -0.2) is 0 Å². The van der Waals surface area contributed by atoms with Crippen LogP contribution in [0.15, 0.2) is 71.3 Å². The lowest BCUT2D eigenvalue weighted by Gasteiger charge is -2.24. The van der Waals surface area contributed by atoms with Crippen LogP contribution in [0.4, 0.5) is 13.2 Å². The number of halogens is 4. The first-order valence-electron chi connectivity index (χ1n) is 10.1. The third-order valence-electron chi connectivity index (χ3n) is 5.04. The maximum Gasteiger partial charge on any atom is 0.416 e. The Morgan fingerprint density at radius 1 is 1.06 bits per heavy atom. The van der Waals surface area contributed by atoms with Gasteiger partial charge in [-0.3, -0.25) is 4.79 Å². The highest BCUT2D eigenvalue weighted by Gasteiger charge is 2.30. The quantitative estimate of drug-likeness (QED) is 0.341. The third-order valence-corrected chi connectivity index (χ3v) is 5.57. The van der Waals surface area contributed by atoms with E-state index in [0.717, 1.165) is 29.1 Å². The van der Waals surface area contributed by atoms with Gasteiger partial charge in [0, 0.05) is 35.0 Å². The van der Waals surface area contributed by atoms with Gasteiger partial charge in [-0.1, -0.05) is 41.4 Å². The van der Waals surface area contributed by atoms with Crippen LogP contribution in [-0.2, 0) is 19.3 Å². The summed E-state index contributed by atoms with van der Waals surface area (Å²) < 4.78 is 41.9. The topological polar surface area (TPSA) is 25.2 Å². The monoisotopic (exact) mass is 492 g/mol. The highest BCUT2D eigenvalue weighted by molar-refractivity contribution is 9.10. The average Bonchev–Trinajstić information content (AvgIpc) is 3.17. The lowest BCUT2D eigenvalue weighted by Crippen LogP contribution is -2.32. The Morgan fingerprint density at radius 3 is 2.48 bits per heavy atom. The summed E-state index contributed by atoms with van der Waals surface area (Å²) in [5.41, 5.74) is 1.38. The molecule has 1 aromatic heterocycles. The Kier molecular flexibility index (Phi) is 7.59. The number of rotatable bonds is 8. The van der Waals surface area contributed by atoms with E-state index in [1.807, 2.05) is 35.0 Å². The van der Waals surface area contributed by atoms with Gasteiger partial charge < -0.3 is 9.47 Å². The Bertz CT molecular complexity index is 1010. The molecule has 0 unspecified atom stereocenters. The van der Waals surface area contributed by atoms with Crippen molar-refractivity contribution in [3.63, 3.8) is 0 Å². The molecular formula is C24H24BrF3N2O. The minimum absolute atomic E-state index is 0.0623. The Balaban J connectivity index is 1.80. The zero-order valence-electron chi connectivity index (χ0n) is 17.2. The first kappa shape index (κ1) is 23.1. The summed E-state index contributed by atoms with van der Waals surface area (Å²) in [6, 6.07) is 16.3. The molecule has 3 aromatic rings. The van der Waals surface area contributed by atoms with Gasteiger partial charge >= 0.3 is 6.18 Å². The molecule has 0 aliphatic rings. The first-order valence-corrected chi connectivity index (χ1v) is 10.9. The van der Waals surface area contributed by atoms with Gasteiger partial charge in [0.05, 0.1) is 12.1 Å². The number of carbonyl (C=O) groups excluding carboxylic acids is 1. The highest BCUT2D eigenvalue weighted by atomic mass is 79.9. The molecule has 0 saturated heterocycles. The summed E-state index contributed by atoms with van der Waals surface area (Å²) in [5.74, 6) is -0.0623. The summed E-state index contributed by atoms with van der Waals surface area (Å²) in [6.07, 6.45) is -0.715. The molecule has 2 aromatic carbocycles. The zero-order chi connectivity index (χ0) is 22.4. The van der Waals surface area contributed by atoms with Crippen LogP contribution in [-0.4, -0.2) is 21.9 Å². The highest BCUT2D eigenvalue weighted by Crippen LogP contribution is 2.29.